The second-order valence-corrected chi connectivity index (χ2v) is 5.27. The quantitative estimate of drug-likeness (QED) is 0.892. The Labute approximate surface area is 113 Å². The lowest BCUT2D eigenvalue weighted by Crippen LogP contribution is -2.02. The normalized spacial score (nSPS) is 11.1. The molecule has 1 aromatic carbocycles. The molecule has 0 saturated carbocycles. The van der Waals surface area contributed by atoms with Crippen molar-refractivity contribution in [2.24, 2.45) is 5.92 Å². The van der Waals surface area contributed by atoms with E-state index in [4.69, 9.17) is 5.11 Å². The number of carboxylic acid groups (broad SMARTS) is 1. The Kier molecular flexibility index (Phi) is 4.15. The van der Waals surface area contributed by atoms with Gasteiger partial charge in [0.15, 0.2) is 0 Å². The van der Waals surface area contributed by atoms with Crippen LogP contribution in [0.3, 0.4) is 0 Å². The largest absolute Gasteiger partial charge is 0.481 e. The van der Waals surface area contributed by atoms with Crippen LogP contribution in [-0.4, -0.2) is 16.1 Å². The van der Waals surface area contributed by atoms with Gasteiger partial charge in [0.05, 0.1) is 6.42 Å². The topological polar surface area (TPSA) is 50.2 Å². The number of aromatic nitrogens is 1. The summed E-state index contributed by atoms with van der Waals surface area (Å²) in [4.78, 5) is 15.3. The van der Waals surface area contributed by atoms with E-state index in [1.165, 1.54) is 0 Å². The zero-order valence-electron chi connectivity index (χ0n) is 11.4. The van der Waals surface area contributed by atoms with Crippen molar-refractivity contribution in [3.05, 3.63) is 41.7 Å². The molecule has 2 rings (SSSR count). The van der Waals surface area contributed by atoms with Gasteiger partial charge in [-0.25, -0.2) is 0 Å². The summed E-state index contributed by atoms with van der Waals surface area (Å²) in [5, 5.41) is 11.1. The van der Waals surface area contributed by atoms with Gasteiger partial charge in [0.25, 0.3) is 0 Å². The standard InChI is InChI=1S/C16H19NO2/c1-11(2)6-7-15-14-5-3-4-12(10-16(18)19)13(14)8-9-17-15/h3-5,8-9,11H,6-7,10H2,1-2H3,(H,18,19). The summed E-state index contributed by atoms with van der Waals surface area (Å²) < 4.78 is 0. The molecule has 0 saturated heterocycles. The highest BCUT2D eigenvalue weighted by Gasteiger charge is 2.09. The first-order valence-corrected chi connectivity index (χ1v) is 6.65. The molecule has 0 bridgehead atoms. The Bertz CT molecular complexity index is 590. The van der Waals surface area contributed by atoms with E-state index in [0.29, 0.717) is 5.92 Å². The van der Waals surface area contributed by atoms with Gasteiger partial charge >= 0.3 is 5.97 Å². The average Bonchev–Trinajstić information content (AvgIpc) is 2.36. The summed E-state index contributed by atoms with van der Waals surface area (Å²) in [7, 11) is 0. The van der Waals surface area contributed by atoms with Crippen molar-refractivity contribution in [1.29, 1.82) is 0 Å². The van der Waals surface area contributed by atoms with Crippen LogP contribution in [0.25, 0.3) is 10.8 Å². The van der Waals surface area contributed by atoms with Crippen molar-refractivity contribution in [2.45, 2.75) is 33.1 Å². The van der Waals surface area contributed by atoms with E-state index >= 15 is 0 Å². The van der Waals surface area contributed by atoms with E-state index in [9.17, 15) is 4.79 Å². The maximum Gasteiger partial charge on any atom is 0.307 e. The molecule has 0 fully saturated rings. The number of fused-ring (bicyclic) bond motifs is 1. The second kappa shape index (κ2) is 5.83. The van der Waals surface area contributed by atoms with Gasteiger partial charge in [0, 0.05) is 17.3 Å². The molecule has 3 nitrogen and oxygen atoms in total. The Morgan fingerprint density at radius 1 is 1.26 bits per heavy atom. The predicted molar refractivity (Wildman–Crippen MR) is 76.2 cm³/mol. The lowest BCUT2D eigenvalue weighted by Gasteiger charge is -2.10. The maximum absolute atomic E-state index is 10.9. The van der Waals surface area contributed by atoms with Gasteiger partial charge in [-0.2, -0.15) is 0 Å². The van der Waals surface area contributed by atoms with Crippen molar-refractivity contribution in [3.8, 4) is 0 Å². The van der Waals surface area contributed by atoms with Crippen molar-refractivity contribution in [1.82, 2.24) is 4.98 Å². The molecular weight excluding hydrogens is 238 g/mol. The third-order valence-electron chi connectivity index (χ3n) is 3.28. The zero-order valence-corrected chi connectivity index (χ0v) is 11.4. The maximum atomic E-state index is 10.9. The molecule has 0 aliphatic carbocycles. The fourth-order valence-corrected chi connectivity index (χ4v) is 2.27. The van der Waals surface area contributed by atoms with E-state index < -0.39 is 5.97 Å². The second-order valence-electron chi connectivity index (χ2n) is 5.27. The van der Waals surface area contributed by atoms with Crippen LogP contribution in [0.1, 0.15) is 31.5 Å². The number of carboxylic acids is 1. The number of pyridine rings is 1. The number of aliphatic carboxylic acids is 1. The zero-order chi connectivity index (χ0) is 13.8. The van der Waals surface area contributed by atoms with E-state index in [1.807, 2.05) is 24.3 Å². The molecule has 19 heavy (non-hydrogen) atoms. The molecule has 3 heteroatoms. The Morgan fingerprint density at radius 2 is 2.05 bits per heavy atom. The molecule has 0 aliphatic rings. The highest BCUT2D eigenvalue weighted by atomic mass is 16.4. The fraction of sp³-hybridized carbons (Fsp3) is 0.375. The smallest absolute Gasteiger partial charge is 0.307 e. The molecule has 1 aromatic heterocycles. The minimum Gasteiger partial charge on any atom is -0.481 e. The summed E-state index contributed by atoms with van der Waals surface area (Å²) in [5.74, 6) is -0.160. The van der Waals surface area contributed by atoms with E-state index in [0.717, 1.165) is 34.9 Å². The molecule has 1 N–H and O–H groups in total. The first kappa shape index (κ1) is 13.5. The van der Waals surface area contributed by atoms with Crippen LogP contribution in [0.2, 0.25) is 0 Å². The van der Waals surface area contributed by atoms with Crippen LogP contribution in [0.4, 0.5) is 0 Å². The van der Waals surface area contributed by atoms with Gasteiger partial charge in [-0.1, -0.05) is 32.0 Å². The summed E-state index contributed by atoms with van der Waals surface area (Å²) in [5.41, 5.74) is 1.93. The molecule has 0 radical (unpaired) electrons. The van der Waals surface area contributed by atoms with Gasteiger partial charge in [-0.15, -0.1) is 0 Å². The Morgan fingerprint density at radius 3 is 2.74 bits per heavy atom. The number of rotatable bonds is 5. The van der Waals surface area contributed by atoms with Crippen molar-refractivity contribution in [2.75, 3.05) is 0 Å². The minimum absolute atomic E-state index is 0.0605. The fourth-order valence-electron chi connectivity index (χ4n) is 2.27. The Balaban J connectivity index is 2.42. The molecule has 0 aliphatic heterocycles. The molecule has 100 valence electrons. The van der Waals surface area contributed by atoms with E-state index in [1.54, 1.807) is 6.20 Å². The third-order valence-corrected chi connectivity index (χ3v) is 3.28. The number of carbonyl (C=O) groups is 1. The molecular formula is C16H19NO2. The first-order chi connectivity index (χ1) is 9.08. The molecule has 0 amide bonds. The molecule has 2 aromatic rings. The summed E-state index contributed by atoms with van der Waals surface area (Å²) in [6.07, 6.45) is 3.87. The highest BCUT2D eigenvalue weighted by Crippen LogP contribution is 2.23. The van der Waals surface area contributed by atoms with Crippen LogP contribution in [0.15, 0.2) is 30.5 Å². The number of benzene rings is 1. The number of hydrogen-bond acceptors (Lipinski definition) is 2. The van der Waals surface area contributed by atoms with Crippen LogP contribution in [0.5, 0.6) is 0 Å². The van der Waals surface area contributed by atoms with Crippen LogP contribution >= 0.6 is 0 Å². The number of hydrogen-bond donors (Lipinski definition) is 1. The molecule has 0 atom stereocenters. The molecule has 0 unspecified atom stereocenters. The number of aryl methyl sites for hydroxylation is 1. The van der Waals surface area contributed by atoms with Gasteiger partial charge in [-0.05, 0) is 35.8 Å². The van der Waals surface area contributed by atoms with Crippen LogP contribution in [0, 0.1) is 5.92 Å². The van der Waals surface area contributed by atoms with E-state index in [-0.39, 0.29) is 6.42 Å². The Hall–Kier alpha value is -1.90. The van der Waals surface area contributed by atoms with E-state index in [2.05, 4.69) is 18.8 Å². The van der Waals surface area contributed by atoms with Gasteiger partial charge in [0.2, 0.25) is 0 Å². The van der Waals surface area contributed by atoms with Crippen molar-refractivity contribution in [3.63, 3.8) is 0 Å². The summed E-state index contributed by atoms with van der Waals surface area (Å²) in [6, 6.07) is 7.74. The van der Waals surface area contributed by atoms with Gasteiger partial charge in [-0.3, -0.25) is 9.78 Å². The van der Waals surface area contributed by atoms with Gasteiger partial charge in [0.1, 0.15) is 0 Å². The summed E-state index contributed by atoms with van der Waals surface area (Å²) in [6.45, 7) is 4.39. The van der Waals surface area contributed by atoms with Crippen molar-refractivity contribution >= 4 is 16.7 Å². The average molecular weight is 257 g/mol. The first-order valence-electron chi connectivity index (χ1n) is 6.65. The van der Waals surface area contributed by atoms with Crippen molar-refractivity contribution < 1.29 is 9.90 Å². The lowest BCUT2D eigenvalue weighted by molar-refractivity contribution is -0.136. The lowest BCUT2D eigenvalue weighted by atomic mass is 9.98. The monoisotopic (exact) mass is 257 g/mol. The van der Waals surface area contributed by atoms with Crippen LogP contribution in [-0.2, 0) is 17.6 Å². The van der Waals surface area contributed by atoms with Gasteiger partial charge < -0.3 is 5.11 Å². The SMILES string of the molecule is CC(C)CCc1nccc2c(CC(=O)O)cccc12. The van der Waals surface area contributed by atoms with Crippen LogP contribution < -0.4 is 0 Å². The summed E-state index contributed by atoms with van der Waals surface area (Å²) >= 11 is 0. The molecule has 1 heterocycles. The third kappa shape index (κ3) is 3.31. The highest BCUT2D eigenvalue weighted by molar-refractivity contribution is 5.90. The minimum atomic E-state index is -0.798. The number of nitrogens with zero attached hydrogens (tertiary/aromatic N) is 1. The predicted octanol–water partition coefficient (Wildman–Crippen LogP) is 3.45. The molecule has 0 spiro atoms.